The fourth-order valence-corrected chi connectivity index (χ4v) is 3.12. The molecule has 104 valence electrons. The summed E-state index contributed by atoms with van der Waals surface area (Å²) in [5.41, 5.74) is 3.51. The first-order valence-electron chi connectivity index (χ1n) is 6.93. The van der Waals surface area contributed by atoms with E-state index in [-0.39, 0.29) is 6.04 Å². The van der Waals surface area contributed by atoms with Crippen LogP contribution in [0.3, 0.4) is 0 Å². The van der Waals surface area contributed by atoms with Gasteiger partial charge in [0.2, 0.25) is 0 Å². The minimum absolute atomic E-state index is 0.0902. The Morgan fingerprint density at radius 2 is 2.00 bits per heavy atom. The van der Waals surface area contributed by atoms with Gasteiger partial charge in [-0.15, -0.1) is 0 Å². The van der Waals surface area contributed by atoms with Gasteiger partial charge in [0.1, 0.15) is 5.82 Å². The van der Waals surface area contributed by atoms with E-state index < -0.39 is 0 Å². The van der Waals surface area contributed by atoms with Gasteiger partial charge in [-0.2, -0.15) is 0 Å². The van der Waals surface area contributed by atoms with Crippen molar-refractivity contribution in [3.63, 3.8) is 0 Å². The average Bonchev–Trinajstić information content (AvgIpc) is 2.91. The van der Waals surface area contributed by atoms with E-state index >= 15 is 0 Å². The van der Waals surface area contributed by atoms with Gasteiger partial charge in [-0.05, 0) is 23.8 Å². The van der Waals surface area contributed by atoms with Crippen molar-refractivity contribution in [1.29, 1.82) is 0 Å². The van der Waals surface area contributed by atoms with E-state index in [9.17, 15) is 0 Å². The molecule has 1 atom stereocenters. The predicted octanol–water partition coefficient (Wildman–Crippen LogP) is 4.10. The van der Waals surface area contributed by atoms with E-state index in [4.69, 9.17) is 11.6 Å². The van der Waals surface area contributed by atoms with Gasteiger partial charge in [-0.25, -0.2) is 4.98 Å². The molecule has 0 amide bonds. The zero-order valence-electron chi connectivity index (χ0n) is 11.3. The molecule has 1 aliphatic heterocycles. The molecule has 2 aromatic carbocycles. The van der Waals surface area contributed by atoms with Crippen molar-refractivity contribution in [3.8, 4) is 0 Å². The quantitative estimate of drug-likeness (QED) is 0.732. The van der Waals surface area contributed by atoms with Crippen molar-refractivity contribution in [1.82, 2.24) is 9.55 Å². The summed E-state index contributed by atoms with van der Waals surface area (Å²) in [6.07, 6.45) is 3.88. The van der Waals surface area contributed by atoms with Crippen molar-refractivity contribution in [2.45, 2.75) is 12.6 Å². The summed E-state index contributed by atoms with van der Waals surface area (Å²) >= 11 is 6.23. The third-order valence-electron chi connectivity index (χ3n) is 3.89. The molecular weight excluding hydrogens is 282 g/mol. The van der Waals surface area contributed by atoms with Crippen LogP contribution in [0.25, 0.3) is 0 Å². The first kappa shape index (κ1) is 12.5. The Morgan fingerprint density at radius 1 is 1.14 bits per heavy atom. The molecule has 3 nitrogen and oxygen atoms in total. The minimum Gasteiger partial charge on any atom is -0.378 e. The number of hydrogen-bond donors (Lipinski definition) is 1. The second-order valence-corrected chi connectivity index (χ2v) is 5.59. The lowest BCUT2D eigenvalue weighted by Crippen LogP contribution is -2.12. The number of benzene rings is 2. The summed E-state index contributed by atoms with van der Waals surface area (Å²) in [4.78, 5) is 4.47. The number of nitrogens with one attached hydrogen (secondary N) is 1. The number of imidazole rings is 1. The molecule has 0 spiro atoms. The highest BCUT2D eigenvalue weighted by atomic mass is 35.5. The fraction of sp³-hybridized carbons (Fsp3) is 0.118. The first-order chi connectivity index (χ1) is 10.3. The van der Waals surface area contributed by atoms with E-state index in [0.717, 1.165) is 16.5 Å². The molecule has 0 saturated carbocycles. The lowest BCUT2D eigenvalue weighted by atomic mass is 9.97. The normalized spacial score (nSPS) is 16.5. The largest absolute Gasteiger partial charge is 0.378 e. The SMILES string of the molecule is Clc1ccc2c(c1)C(c1ccccc1)n1ccnc1CN2. The van der Waals surface area contributed by atoms with Crippen LogP contribution in [0.15, 0.2) is 60.9 Å². The molecule has 0 fully saturated rings. The van der Waals surface area contributed by atoms with E-state index in [2.05, 4.69) is 39.1 Å². The maximum atomic E-state index is 6.23. The van der Waals surface area contributed by atoms with E-state index in [0.29, 0.717) is 6.54 Å². The zero-order valence-corrected chi connectivity index (χ0v) is 12.1. The summed E-state index contributed by atoms with van der Waals surface area (Å²) in [5.74, 6) is 1.02. The summed E-state index contributed by atoms with van der Waals surface area (Å²) < 4.78 is 2.21. The first-order valence-corrected chi connectivity index (χ1v) is 7.31. The standard InChI is InChI=1S/C17H14ClN3/c18-13-6-7-15-14(10-13)17(12-4-2-1-3-5-12)21-9-8-19-16(21)11-20-15/h1-10,17,20H,11H2. The topological polar surface area (TPSA) is 29.9 Å². The second kappa shape index (κ2) is 4.93. The van der Waals surface area contributed by atoms with Crippen LogP contribution in [-0.2, 0) is 6.54 Å². The Hall–Kier alpha value is -2.26. The number of nitrogens with zero attached hydrogens (tertiary/aromatic N) is 2. The highest BCUT2D eigenvalue weighted by molar-refractivity contribution is 6.30. The third kappa shape index (κ3) is 2.10. The summed E-state index contributed by atoms with van der Waals surface area (Å²) in [6.45, 7) is 0.713. The van der Waals surface area contributed by atoms with Crippen LogP contribution in [0.5, 0.6) is 0 Å². The lowest BCUT2D eigenvalue weighted by molar-refractivity contribution is 0.654. The van der Waals surface area contributed by atoms with Crippen LogP contribution in [-0.4, -0.2) is 9.55 Å². The van der Waals surface area contributed by atoms with Gasteiger partial charge >= 0.3 is 0 Å². The van der Waals surface area contributed by atoms with Crippen LogP contribution in [0, 0.1) is 0 Å². The van der Waals surface area contributed by atoms with Gasteiger partial charge in [0.05, 0.1) is 12.6 Å². The van der Waals surface area contributed by atoms with Crippen molar-refractivity contribution in [2.24, 2.45) is 0 Å². The number of halogens is 1. The highest BCUT2D eigenvalue weighted by Crippen LogP contribution is 2.36. The zero-order chi connectivity index (χ0) is 14.2. The van der Waals surface area contributed by atoms with Crippen molar-refractivity contribution in [3.05, 3.63) is 82.9 Å². The molecule has 1 aliphatic rings. The van der Waals surface area contributed by atoms with Crippen molar-refractivity contribution < 1.29 is 0 Å². The Labute approximate surface area is 128 Å². The Morgan fingerprint density at radius 3 is 2.86 bits per heavy atom. The van der Waals surface area contributed by atoms with Crippen LogP contribution >= 0.6 is 11.6 Å². The average molecular weight is 296 g/mol. The van der Waals surface area contributed by atoms with Crippen LogP contribution in [0.1, 0.15) is 23.0 Å². The van der Waals surface area contributed by atoms with Gasteiger partial charge in [0.15, 0.2) is 0 Å². The minimum atomic E-state index is 0.0902. The van der Waals surface area contributed by atoms with E-state index in [1.54, 1.807) is 0 Å². The van der Waals surface area contributed by atoms with Crippen LogP contribution in [0.2, 0.25) is 5.02 Å². The smallest absolute Gasteiger partial charge is 0.128 e. The third-order valence-corrected chi connectivity index (χ3v) is 4.12. The summed E-state index contributed by atoms with van der Waals surface area (Å²) in [5, 5.41) is 4.20. The summed E-state index contributed by atoms with van der Waals surface area (Å²) in [6, 6.07) is 16.5. The van der Waals surface area contributed by atoms with E-state index in [1.807, 2.05) is 36.7 Å². The molecule has 0 bridgehead atoms. The number of hydrogen-bond acceptors (Lipinski definition) is 2. The maximum absolute atomic E-state index is 6.23. The molecule has 4 rings (SSSR count). The molecule has 1 aromatic heterocycles. The number of anilines is 1. The molecule has 1 unspecified atom stereocenters. The Kier molecular flexibility index (Phi) is 2.93. The maximum Gasteiger partial charge on any atom is 0.128 e. The van der Waals surface area contributed by atoms with Gasteiger partial charge in [-0.1, -0.05) is 41.9 Å². The fourth-order valence-electron chi connectivity index (χ4n) is 2.94. The Balaban J connectivity index is 1.98. The van der Waals surface area contributed by atoms with Gasteiger partial charge < -0.3 is 9.88 Å². The van der Waals surface area contributed by atoms with Crippen LogP contribution in [0.4, 0.5) is 5.69 Å². The molecule has 0 aliphatic carbocycles. The molecule has 2 heterocycles. The summed E-state index contributed by atoms with van der Waals surface area (Å²) in [7, 11) is 0. The monoisotopic (exact) mass is 295 g/mol. The van der Waals surface area contributed by atoms with Crippen molar-refractivity contribution in [2.75, 3.05) is 5.32 Å². The molecule has 0 saturated heterocycles. The van der Waals surface area contributed by atoms with E-state index in [1.165, 1.54) is 11.1 Å². The number of aromatic nitrogens is 2. The molecular formula is C17H14ClN3. The molecule has 21 heavy (non-hydrogen) atoms. The van der Waals surface area contributed by atoms with Crippen molar-refractivity contribution >= 4 is 17.3 Å². The predicted molar refractivity (Wildman–Crippen MR) is 84.7 cm³/mol. The Bertz CT molecular complexity index is 780. The number of fused-ring (bicyclic) bond motifs is 2. The lowest BCUT2D eigenvalue weighted by Gasteiger charge is -2.21. The van der Waals surface area contributed by atoms with Gasteiger partial charge in [0.25, 0.3) is 0 Å². The molecule has 4 heteroatoms. The van der Waals surface area contributed by atoms with Gasteiger partial charge in [0, 0.05) is 28.7 Å². The second-order valence-electron chi connectivity index (χ2n) is 5.15. The molecule has 3 aromatic rings. The highest BCUT2D eigenvalue weighted by Gasteiger charge is 2.24. The molecule has 1 N–H and O–H groups in total. The number of rotatable bonds is 1. The van der Waals surface area contributed by atoms with Crippen LogP contribution < -0.4 is 5.32 Å². The molecule has 0 radical (unpaired) electrons. The van der Waals surface area contributed by atoms with Gasteiger partial charge in [-0.3, -0.25) is 0 Å².